The maximum atomic E-state index is 7.03. The van der Waals surface area contributed by atoms with E-state index in [0.29, 0.717) is 0 Å². The van der Waals surface area contributed by atoms with Crippen LogP contribution < -0.4 is 0 Å². The number of rotatable bonds is 28. The third-order valence-corrected chi connectivity index (χ3v) is 12.5. The molecule has 0 saturated heterocycles. The molecule has 0 atom stereocenters. The number of hydrogen-bond donors (Lipinski definition) is 0. The van der Waals surface area contributed by atoms with Gasteiger partial charge in [-0.1, -0.05) is 0 Å². The monoisotopic (exact) mass is 671 g/mol. The van der Waals surface area contributed by atoms with Crippen molar-refractivity contribution in [2.24, 2.45) is 0 Å². The van der Waals surface area contributed by atoms with E-state index in [1.807, 2.05) is 0 Å². The zero-order chi connectivity index (χ0) is 46.9. The fourth-order valence-electron chi connectivity index (χ4n) is 10.1. The Bertz CT molecular complexity index is 938. The zero-order valence-electron chi connectivity index (χ0n) is 33.9. The Balaban J connectivity index is 10.6. The van der Waals surface area contributed by atoms with Gasteiger partial charge in [-0.2, -0.15) is 0 Å². The molecule has 59 heteroatoms. The molecule has 0 nitrogen and oxygen atoms in total. The van der Waals surface area contributed by atoms with Crippen molar-refractivity contribution in [1.29, 1.82) is 0 Å². The molecule has 0 bridgehead atoms. The van der Waals surface area contributed by atoms with Crippen molar-refractivity contribution >= 4 is 421 Å². The summed E-state index contributed by atoms with van der Waals surface area (Å²) in [4.78, 5) is 0. The molecule has 0 N–H and O–H groups in total. The van der Waals surface area contributed by atoms with Crippen LogP contribution in [0, 0.1) is 0 Å². The summed E-state index contributed by atoms with van der Waals surface area (Å²) in [5.74, 6) is 0. The number of hydrogen-bond acceptors (Lipinski definition) is 1. The Morgan fingerprint density at radius 2 is 0.271 bits per heavy atom. The van der Waals surface area contributed by atoms with Crippen LogP contribution in [0.15, 0.2) is 0 Å². The Kier molecular flexibility index (Phi) is 31.1. The molecule has 0 aromatic heterocycles. The molecule has 0 saturated carbocycles. The molecule has 58 radical (unpaired) electrons. The summed E-state index contributed by atoms with van der Waals surface area (Å²) >= 11 is 5.51. The Morgan fingerprint density at radius 3 is 0.390 bits per heavy atom. The van der Waals surface area contributed by atoms with Crippen LogP contribution in [-0.2, 0) is 0 Å². The van der Waals surface area contributed by atoms with E-state index in [1.54, 1.807) is 0 Å². The van der Waals surface area contributed by atoms with Crippen LogP contribution in [0.4, 0.5) is 0 Å². The molecular weight excluding hydrogens is 659 g/mol. The summed E-state index contributed by atoms with van der Waals surface area (Å²) in [6.45, 7) is 0. The second-order valence-corrected chi connectivity index (χ2v) is 16.6. The van der Waals surface area contributed by atoms with Gasteiger partial charge in [0.05, 0.1) is 0 Å². The van der Waals surface area contributed by atoms with Crippen LogP contribution in [0.3, 0.4) is 0 Å². The predicted molar refractivity (Wildman–Crippen MR) is 341 cm³/mol. The van der Waals surface area contributed by atoms with Crippen LogP contribution in [0.2, 0.25) is 0 Å². The first kappa shape index (κ1) is 63.0. The molecule has 59 heavy (non-hydrogen) atoms. The van der Waals surface area contributed by atoms with Crippen molar-refractivity contribution in [3.8, 4) is 0 Å². The molecule has 0 amide bonds. The van der Waals surface area contributed by atoms with E-state index in [-0.39, 0.29) is 0 Å². The average Bonchev–Trinajstić information content (AvgIpc) is 3.02. The summed E-state index contributed by atoms with van der Waals surface area (Å²) < 4.78 is 0. The van der Waals surface area contributed by atoms with Crippen LogP contribution in [0.5, 0.6) is 0 Å². The normalized spacial score (nSPS) is 9.63. The van der Waals surface area contributed by atoms with Crippen molar-refractivity contribution in [2.45, 2.75) is 0 Å². The first-order valence-corrected chi connectivity index (χ1v) is 19.7. The van der Waals surface area contributed by atoms with Gasteiger partial charge < -0.3 is 0 Å². The van der Waals surface area contributed by atoms with Gasteiger partial charge in [0.15, 0.2) is 0 Å². The second-order valence-electron chi connectivity index (χ2n) is 16.3. The van der Waals surface area contributed by atoms with Crippen molar-refractivity contribution in [1.82, 2.24) is 0 Å². The van der Waals surface area contributed by atoms with Crippen LogP contribution >= 0.6 is 12.1 Å². The van der Waals surface area contributed by atoms with Gasteiger partial charge in [0.1, 0.15) is 0 Å². The van der Waals surface area contributed by atoms with E-state index >= 15 is 0 Å². The third kappa shape index (κ3) is 17.2. The van der Waals surface area contributed by atoms with E-state index in [9.17, 15) is 0 Å². The van der Waals surface area contributed by atoms with Gasteiger partial charge in [0, 0.05) is 0 Å². The second kappa shape index (κ2) is 29.1. The van der Waals surface area contributed by atoms with Crippen molar-refractivity contribution < 1.29 is 0 Å². The minimum atomic E-state index is -1.46. The van der Waals surface area contributed by atoms with Gasteiger partial charge in [0.2, 0.25) is 0 Å². The Hall–Kier alpha value is 3.99. The SMILES string of the molecule is [B]B([B])B(B([B])[B])B(B([B])B=S)B(B(B(B([B])[B])B([B])[B])B(B([B])[B])B([B])[B])B(B(B(B([B])[B])B([B])[B])B(B([B])[B])B([B])[B])B(B(B([B])[B])B([B])[B])B(B([B])[B])B([B])[B]. The fourth-order valence-corrected chi connectivity index (χ4v) is 10.3. The topological polar surface area (TPSA) is 0 Å². The first-order chi connectivity index (χ1) is 26.9. The minimum absolute atomic E-state index is 1.19. The van der Waals surface area contributed by atoms with E-state index in [2.05, 4.69) is 0 Å². The molecular formula is B58S. The molecule has 0 aliphatic heterocycles. The Labute approximate surface area is 417 Å². The van der Waals surface area contributed by atoms with E-state index in [4.69, 9.17) is 236 Å². The molecule has 0 aliphatic rings. The van der Waals surface area contributed by atoms with E-state index < -0.39 is 179 Å². The Morgan fingerprint density at radius 1 is 0.169 bits per heavy atom. The van der Waals surface area contributed by atoms with Crippen LogP contribution in [0.1, 0.15) is 0 Å². The average molecular weight is 659 g/mol. The molecule has 0 aromatic rings. The molecule has 0 fully saturated rings. The molecule has 0 aromatic carbocycles. The van der Waals surface area contributed by atoms with Crippen molar-refractivity contribution in [3.05, 3.63) is 0 Å². The van der Waals surface area contributed by atoms with Gasteiger partial charge in [-0.15, -0.1) is 0 Å². The summed E-state index contributed by atoms with van der Waals surface area (Å²) in [7, 11) is 191. The maximum absolute atomic E-state index is 7.03. The van der Waals surface area contributed by atoms with Gasteiger partial charge in [0.25, 0.3) is 0 Å². The van der Waals surface area contributed by atoms with Crippen molar-refractivity contribution in [3.63, 3.8) is 0 Å². The quantitative estimate of drug-likeness (QED) is 0.0754. The van der Waals surface area contributed by atoms with Gasteiger partial charge in [-0.25, -0.2) is 0 Å². The molecule has 0 spiro atoms. The predicted octanol–water partition coefficient (Wildman–Crippen LogP) is -21.4. The van der Waals surface area contributed by atoms with E-state index in [1.165, 1.54) is 6.05 Å². The van der Waals surface area contributed by atoms with Gasteiger partial charge in [-0.3, -0.25) is 0 Å². The zero-order valence-corrected chi connectivity index (χ0v) is 34.7. The first-order valence-electron chi connectivity index (χ1n) is 19.2. The summed E-state index contributed by atoms with van der Waals surface area (Å²) in [5, 5.41) is 0. The van der Waals surface area contributed by atoms with Gasteiger partial charge >= 0.3 is 421 Å². The molecule has 0 heterocycles. The molecule has 180 valence electrons. The van der Waals surface area contributed by atoms with Crippen LogP contribution in [-0.4, -0.2) is 409 Å². The molecule has 0 aliphatic carbocycles. The van der Waals surface area contributed by atoms with E-state index in [0.717, 1.165) is 0 Å². The standard InChI is InChI=1S/B58S/c1-31(2)46(32(3)4)53(45(29)30-59)57(54(47(33(5)6)34(7)8)48(35(9)10)36(11)12)58(55(49(37(13)14)38(15)16)50(39(17)18)40(19)20)56(51(41(21)22)42(23)24)52(43(25)26)44(27)28. The van der Waals surface area contributed by atoms with Gasteiger partial charge in [-0.05, 0) is 0 Å². The summed E-state index contributed by atoms with van der Waals surface area (Å²) in [6, 6.07) is 1.19. The summed E-state index contributed by atoms with van der Waals surface area (Å²) in [5.41, 5.74) is 0. The fraction of sp³-hybridized carbons (Fsp3) is 0. The summed E-state index contributed by atoms with van der Waals surface area (Å²) in [6.07, 6.45) is -38.8. The third-order valence-electron chi connectivity index (χ3n) is 12.2. The van der Waals surface area contributed by atoms with Crippen molar-refractivity contribution in [2.75, 3.05) is 0 Å². The van der Waals surface area contributed by atoms with Crippen LogP contribution in [0.25, 0.3) is 0 Å². The molecule has 0 unspecified atom stereocenters. The molecule has 0 rings (SSSR count).